The van der Waals surface area contributed by atoms with Crippen LogP contribution in [0, 0.1) is 0 Å². The lowest BCUT2D eigenvalue weighted by atomic mass is 10.0. The lowest BCUT2D eigenvalue weighted by molar-refractivity contribution is 0.236. The molecule has 1 atom stereocenters. The van der Waals surface area contributed by atoms with Crippen LogP contribution in [-0.4, -0.2) is 28.7 Å². The highest BCUT2D eigenvalue weighted by molar-refractivity contribution is 6.32. The third kappa shape index (κ3) is 3.96. The summed E-state index contributed by atoms with van der Waals surface area (Å²) in [5.41, 5.74) is 0.930. The predicted octanol–water partition coefficient (Wildman–Crippen LogP) is 2.75. The lowest BCUT2D eigenvalue weighted by Gasteiger charge is -2.19. The molecule has 0 saturated carbocycles. The first-order valence-electron chi connectivity index (χ1n) is 7.65. The number of amides is 2. The molecule has 0 bridgehead atoms. The second-order valence-corrected chi connectivity index (χ2v) is 5.81. The first-order valence-corrected chi connectivity index (χ1v) is 8.03. The van der Waals surface area contributed by atoms with Gasteiger partial charge in [-0.05, 0) is 18.9 Å². The molecule has 0 aliphatic carbocycles. The van der Waals surface area contributed by atoms with E-state index in [4.69, 9.17) is 16.3 Å². The lowest BCUT2D eigenvalue weighted by Crippen LogP contribution is -2.39. The van der Waals surface area contributed by atoms with E-state index in [9.17, 15) is 4.79 Å². The molecule has 1 aliphatic rings. The van der Waals surface area contributed by atoms with Gasteiger partial charge in [0, 0.05) is 31.0 Å². The van der Waals surface area contributed by atoms with E-state index in [-0.39, 0.29) is 12.1 Å². The van der Waals surface area contributed by atoms with Gasteiger partial charge in [-0.25, -0.2) is 9.78 Å². The van der Waals surface area contributed by atoms with Gasteiger partial charge in [0.2, 0.25) is 0 Å². The number of imidazole rings is 1. The van der Waals surface area contributed by atoms with Gasteiger partial charge in [0.15, 0.2) is 0 Å². The Labute approximate surface area is 139 Å². The van der Waals surface area contributed by atoms with E-state index < -0.39 is 0 Å². The van der Waals surface area contributed by atoms with Crippen molar-refractivity contribution in [2.75, 3.05) is 13.2 Å². The number of para-hydroxylation sites is 1. The average Bonchev–Trinajstić information content (AvgIpc) is 2.96. The highest BCUT2D eigenvalue weighted by Gasteiger charge is 2.22. The fourth-order valence-electron chi connectivity index (χ4n) is 2.65. The van der Waals surface area contributed by atoms with Crippen LogP contribution in [0.5, 0.6) is 5.75 Å². The molecule has 0 saturated heterocycles. The molecule has 0 unspecified atom stereocenters. The Bertz CT molecular complexity index is 660. The van der Waals surface area contributed by atoms with Crippen molar-refractivity contribution in [1.29, 1.82) is 0 Å². The number of ether oxygens (including phenoxy) is 1. The van der Waals surface area contributed by atoms with Gasteiger partial charge in [-0.1, -0.05) is 23.7 Å². The molecule has 6 nitrogen and oxygen atoms in total. The van der Waals surface area contributed by atoms with Crippen LogP contribution in [0.15, 0.2) is 36.9 Å². The van der Waals surface area contributed by atoms with Crippen molar-refractivity contribution >= 4 is 17.6 Å². The molecule has 2 aromatic rings. The van der Waals surface area contributed by atoms with Gasteiger partial charge in [-0.3, -0.25) is 0 Å². The molecule has 7 heteroatoms. The standard InChI is InChI=1S/C16H19ClN4O2/c17-13-4-1-3-12-14(5-2-10-23-15(12)13)20-16(22)19-7-9-21-8-6-18-11-21/h1,3-4,6,8,11,14H,2,5,7,9-10H2,(H2,19,20,22)/t14-/m1/s1. The minimum Gasteiger partial charge on any atom is -0.492 e. The number of benzene rings is 1. The molecule has 0 radical (unpaired) electrons. The molecule has 1 aromatic carbocycles. The number of nitrogens with zero attached hydrogens (tertiary/aromatic N) is 2. The van der Waals surface area contributed by atoms with Crippen molar-refractivity contribution in [3.63, 3.8) is 0 Å². The number of urea groups is 1. The average molecular weight is 335 g/mol. The smallest absolute Gasteiger partial charge is 0.315 e. The molecule has 122 valence electrons. The van der Waals surface area contributed by atoms with Gasteiger partial charge in [0.05, 0.1) is 24.0 Å². The summed E-state index contributed by atoms with van der Waals surface area (Å²) >= 11 is 6.20. The topological polar surface area (TPSA) is 68.2 Å². The molecule has 1 aliphatic heterocycles. The van der Waals surface area contributed by atoms with Crippen LogP contribution in [0.4, 0.5) is 4.79 Å². The van der Waals surface area contributed by atoms with Crippen molar-refractivity contribution in [2.24, 2.45) is 0 Å². The largest absolute Gasteiger partial charge is 0.492 e. The molecule has 2 heterocycles. The Hall–Kier alpha value is -2.21. The summed E-state index contributed by atoms with van der Waals surface area (Å²) < 4.78 is 7.62. The molecule has 1 aromatic heterocycles. The van der Waals surface area contributed by atoms with E-state index in [0.29, 0.717) is 30.5 Å². The maximum absolute atomic E-state index is 12.1. The van der Waals surface area contributed by atoms with E-state index in [1.165, 1.54) is 0 Å². The van der Waals surface area contributed by atoms with Crippen LogP contribution in [0.3, 0.4) is 0 Å². The maximum Gasteiger partial charge on any atom is 0.315 e. The van der Waals surface area contributed by atoms with Crippen LogP contribution in [-0.2, 0) is 6.54 Å². The quantitative estimate of drug-likeness (QED) is 0.903. The van der Waals surface area contributed by atoms with E-state index in [2.05, 4.69) is 15.6 Å². The fraction of sp³-hybridized carbons (Fsp3) is 0.375. The third-order valence-corrected chi connectivity index (χ3v) is 4.07. The SMILES string of the molecule is O=C(NCCn1ccnc1)N[C@@H]1CCCOc2c(Cl)cccc21. The number of fused-ring (bicyclic) bond motifs is 1. The number of aromatic nitrogens is 2. The normalized spacial score (nSPS) is 16.8. The van der Waals surface area contributed by atoms with Crippen molar-refractivity contribution < 1.29 is 9.53 Å². The summed E-state index contributed by atoms with van der Waals surface area (Å²) in [7, 11) is 0. The van der Waals surface area contributed by atoms with Gasteiger partial charge in [0.25, 0.3) is 0 Å². The van der Waals surface area contributed by atoms with Gasteiger partial charge >= 0.3 is 6.03 Å². The molecular weight excluding hydrogens is 316 g/mol. The Balaban J connectivity index is 1.59. The summed E-state index contributed by atoms with van der Waals surface area (Å²) in [4.78, 5) is 16.1. The number of carbonyl (C=O) groups is 1. The summed E-state index contributed by atoms with van der Waals surface area (Å²) in [5, 5.41) is 6.45. The van der Waals surface area contributed by atoms with Crippen LogP contribution >= 0.6 is 11.6 Å². The Kier molecular flexibility index (Phi) is 5.02. The summed E-state index contributed by atoms with van der Waals surface area (Å²) in [6.45, 7) is 1.83. The fourth-order valence-corrected chi connectivity index (χ4v) is 2.88. The van der Waals surface area contributed by atoms with Crippen molar-refractivity contribution in [3.05, 3.63) is 47.5 Å². The zero-order chi connectivity index (χ0) is 16.1. The van der Waals surface area contributed by atoms with Crippen molar-refractivity contribution in [1.82, 2.24) is 20.2 Å². The molecular formula is C16H19ClN4O2. The van der Waals surface area contributed by atoms with Gasteiger partial charge in [-0.2, -0.15) is 0 Å². The molecule has 3 rings (SSSR count). The number of hydrogen-bond donors (Lipinski definition) is 2. The van der Waals surface area contributed by atoms with Crippen LogP contribution in [0.25, 0.3) is 0 Å². The molecule has 0 spiro atoms. The highest BCUT2D eigenvalue weighted by atomic mass is 35.5. The highest BCUT2D eigenvalue weighted by Crippen LogP contribution is 2.36. The van der Waals surface area contributed by atoms with E-state index >= 15 is 0 Å². The summed E-state index contributed by atoms with van der Waals surface area (Å²) in [6, 6.07) is 5.33. The van der Waals surface area contributed by atoms with Crippen LogP contribution in [0.1, 0.15) is 24.4 Å². The van der Waals surface area contributed by atoms with Gasteiger partial charge in [0.1, 0.15) is 5.75 Å². The zero-order valence-electron chi connectivity index (χ0n) is 12.7. The van der Waals surface area contributed by atoms with Crippen LogP contribution < -0.4 is 15.4 Å². The van der Waals surface area contributed by atoms with E-state index in [1.807, 2.05) is 22.9 Å². The number of carbonyl (C=O) groups excluding carboxylic acids is 1. The number of halogens is 1. The van der Waals surface area contributed by atoms with E-state index in [1.54, 1.807) is 18.6 Å². The molecule has 2 amide bonds. The minimum absolute atomic E-state index is 0.0977. The predicted molar refractivity (Wildman–Crippen MR) is 87.7 cm³/mol. The van der Waals surface area contributed by atoms with Crippen molar-refractivity contribution in [3.8, 4) is 5.75 Å². The van der Waals surface area contributed by atoms with Crippen LogP contribution in [0.2, 0.25) is 5.02 Å². The number of nitrogens with one attached hydrogen (secondary N) is 2. The molecule has 23 heavy (non-hydrogen) atoms. The van der Waals surface area contributed by atoms with Gasteiger partial charge < -0.3 is 19.9 Å². The molecule has 0 fully saturated rings. The monoisotopic (exact) mass is 334 g/mol. The number of rotatable bonds is 4. The number of hydrogen-bond acceptors (Lipinski definition) is 3. The van der Waals surface area contributed by atoms with Gasteiger partial charge in [-0.15, -0.1) is 0 Å². The summed E-state index contributed by atoms with van der Waals surface area (Å²) in [6.07, 6.45) is 6.99. The second kappa shape index (κ2) is 7.37. The zero-order valence-corrected chi connectivity index (χ0v) is 13.4. The Morgan fingerprint density at radius 3 is 3.22 bits per heavy atom. The second-order valence-electron chi connectivity index (χ2n) is 5.40. The first-order chi connectivity index (χ1) is 11.2. The maximum atomic E-state index is 12.1. The third-order valence-electron chi connectivity index (χ3n) is 3.78. The van der Waals surface area contributed by atoms with E-state index in [0.717, 1.165) is 18.4 Å². The Morgan fingerprint density at radius 2 is 2.39 bits per heavy atom. The summed E-state index contributed by atoms with van der Waals surface area (Å²) in [5.74, 6) is 0.676. The minimum atomic E-state index is -0.192. The van der Waals surface area contributed by atoms with Crippen molar-refractivity contribution in [2.45, 2.75) is 25.4 Å². The first kappa shape index (κ1) is 15.7. The Morgan fingerprint density at radius 1 is 1.48 bits per heavy atom. The molecule has 2 N–H and O–H groups in total.